The highest BCUT2D eigenvalue weighted by atomic mass is 127. The summed E-state index contributed by atoms with van der Waals surface area (Å²) in [6.07, 6.45) is 6.59. The van der Waals surface area contributed by atoms with Crippen LogP contribution in [0.4, 0.5) is 0 Å². The lowest BCUT2D eigenvalue weighted by molar-refractivity contribution is 0.223. The van der Waals surface area contributed by atoms with E-state index in [0.29, 0.717) is 12.6 Å². The van der Waals surface area contributed by atoms with Gasteiger partial charge in [0.25, 0.3) is 0 Å². The predicted molar refractivity (Wildman–Crippen MR) is 125 cm³/mol. The minimum absolute atomic E-state index is 0. The molecule has 1 aliphatic rings. The molecular weight excluding hydrogens is 451 g/mol. The summed E-state index contributed by atoms with van der Waals surface area (Å²) in [6.45, 7) is 11.8. The molecule has 0 atom stereocenters. The number of halogens is 1. The Bertz CT molecular complexity index is 562. The second kappa shape index (κ2) is 13.8. The molecule has 0 saturated carbocycles. The maximum Gasteiger partial charge on any atom is 0.191 e. The highest BCUT2D eigenvalue weighted by Crippen LogP contribution is 2.13. The lowest BCUT2D eigenvalue weighted by Crippen LogP contribution is -2.42. The van der Waals surface area contributed by atoms with E-state index in [1.165, 1.54) is 5.56 Å². The van der Waals surface area contributed by atoms with Crippen molar-refractivity contribution < 1.29 is 4.74 Å². The lowest BCUT2D eigenvalue weighted by Gasteiger charge is -2.18. The molecule has 1 aromatic carbocycles. The summed E-state index contributed by atoms with van der Waals surface area (Å²) in [5.74, 6) is 1.81. The van der Waals surface area contributed by atoms with Crippen molar-refractivity contribution in [2.75, 3.05) is 32.8 Å². The molecule has 0 aromatic heterocycles. The zero-order chi connectivity index (χ0) is 18.6. The van der Waals surface area contributed by atoms with E-state index in [1.54, 1.807) is 0 Å². The summed E-state index contributed by atoms with van der Waals surface area (Å²) in [7, 11) is 0. The van der Waals surface area contributed by atoms with Crippen LogP contribution in [0.5, 0.6) is 5.75 Å². The van der Waals surface area contributed by atoms with Crippen LogP contribution in [0, 0.1) is 0 Å². The van der Waals surface area contributed by atoms with Gasteiger partial charge in [0.15, 0.2) is 5.96 Å². The van der Waals surface area contributed by atoms with Crippen molar-refractivity contribution in [2.24, 2.45) is 4.99 Å². The van der Waals surface area contributed by atoms with Crippen LogP contribution in [0.25, 0.3) is 0 Å². The van der Waals surface area contributed by atoms with E-state index >= 15 is 0 Å². The fraction of sp³-hybridized carbons (Fsp3) is 0.571. The van der Waals surface area contributed by atoms with Gasteiger partial charge < -0.3 is 20.3 Å². The molecule has 5 nitrogen and oxygen atoms in total. The smallest absolute Gasteiger partial charge is 0.191 e. The molecule has 6 heteroatoms. The molecule has 0 heterocycles. The fourth-order valence-electron chi connectivity index (χ4n) is 2.94. The third-order valence-corrected chi connectivity index (χ3v) is 4.61. The quantitative estimate of drug-likeness (QED) is 0.229. The first-order chi connectivity index (χ1) is 12.7. The Balaban J connectivity index is 0.00000364. The Kier molecular flexibility index (Phi) is 12.2. The van der Waals surface area contributed by atoms with E-state index in [1.807, 2.05) is 12.1 Å². The normalized spacial score (nSPS) is 14.3. The molecule has 152 valence electrons. The Hall–Kier alpha value is -1.28. The standard InChI is InChI=1S/C21H34N4O.HI/c1-4-22-21(24-19-9-7-8-10-19)23-17-18-11-13-20(14-12-18)26-16-15-25(5-2)6-3;/h7-8,11-14,19H,4-6,9-10,15-17H2,1-3H3,(H2,22,23,24);1H. The zero-order valence-corrected chi connectivity index (χ0v) is 19.2. The van der Waals surface area contributed by atoms with Crippen molar-refractivity contribution in [3.63, 3.8) is 0 Å². The van der Waals surface area contributed by atoms with Gasteiger partial charge in [-0.05, 0) is 50.6 Å². The largest absolute Gasteiger partial charge is 0.492 e. The van der Waals surface area contributed by atoms with Crippen molar-refractivity contribution in [2.45, 2.75) is 46.2 Å². The Labute approximate surface area is 181 Å². The molecule has 27 heavy (non-hydrogen) atoms. The maximum atomic E-state index is 5.84. The molecule has 1 aliphatic carbocycles. The third kappa shape index (κ3) is 8.97. The molecule has 0 bridgehead atoms. The summed E-state index contributed by atoms with van der Waals surface area (Å²) < 4.78 is 5.84. The number of nitrogens with one attached hydrogen (secondary N) is 2. The van der Waals surface area contributed by atoms with Crippen LogP contribution >= 0.6 is 24.0 Å². The number of hydrogen-bond donors (Lipinski definition) is 2. The van der Waals surface area contributed by atoms with Crippen LogP contribution < -0.4 is 15.4 Å². The summed E-state index contributed by atoms with van der Waals surface area (Å²) in [6, 6.07) is 8.73. The predicted octanol–water partition coefficient (Wildman–Crippen LogP) is 3.80. The molecule has 0 fully saturated rings. The third-order valence-electron chi connectivity index (χ3n) is 4.61. The fourth-order valence-corrected chi connectivity index (χ4v) is 2.94. The second-order valence-corrected chi connectivity index (χ2v) is 6.50. The molecular formula is C21H35IN4O. The van der Waals surface area contributed by atoms with E-state index in [0.717, 1.165) is 57.3 Å². The number of ether oxygens (including phenoxy) is 1. The van der Waals surface area contributed by atoms with Crippen molar-refractivity contribution in [1.29, 1.82) is 0 Å². The first-order valence-corrected chi connectivity index (χ1v) is 9.89. The molecule has 0 aliphatic heterocycles. The summed E-state index contributed by atoms with van der Waals surface area (Å²) >= 11 is 0. The lowest BCUT2D eigenvalue weighted by atomic mass is 10.2. The zero-order valence-electron chi connectivity index (χ0n) is 16.9. The van der Waals surface area contributed by atoms with Gasteiger partial charge in [-0.25, -0.2) is 4.99 Å². The summed E-state index contributed by atoms with van der Waals surface area (Å²) in [5, 5.41) is 6.82. The van der Waals surface area contributed by atoms with Gasteiger partial charge in [-0.1, -0.05) is 38.1 Å². The van der Waals surface area contributed by atoms with Gasteiger partial charge >= 0.3 is 0 Å². The minimum atomic E-state index is 0. The Morgan fingerprint density at radius 1 is 1.11 bits per heavy atom. The van der Waals surface area contributed by atoms with Gasteiger partial charge in [0.2, 0.25) is 0 Å². The molecule has 2 N–H and O–H groups in total. The van der Waals surface area contributed by atoms with E-state index in [4.69, 9.17) is 9.73 Å². The molecule has 1 aromatic rings. The van der Waals surface area contributed by atoms with Crippen molar-refractivity contribution in [3.8, 4) is 5.75 Å². The number of nitrogens with zero attached hydrogens (tertiary/aromatic N) is 2. The van der Waals surface area contributed by atoms with Crippen LogP contribution in [0.1, 0.15) is 39.2 Å². The summed E-state index contributed by atoms with van der Waals surface area (Å²) in [5.41, 5.74) is 1.18. The minimum Gasteiger partial charge on any atom is -0.492 e. The van der Waals surface area contributed by atoms with Crippen LogP contribution in [0.15, 0.2) is 41.4 Å². The van der Waals surface area contributed by atoms with Crippen LogP contribution in [-0.4, -0.2) is 49.7 Å². The molecule has 0 amide bonds. The molecule has 0 spiro atoms. The highest BCUT2D eigenvalue weighted by Gasteiger charge is 2.11. The number of guanidine groups is 1. The van der Waals surface area contributed by atoms with Gasteiger partial charge in [-0.15, -0.1) is 24.0 Å². The van der Waals surface area contributed by atoms with E-state index in [-0.39, 0.29) is 24.0 Å². The SMILES string of the molecule is CCNC(=NCc1ccc(OCCN(CC)CC)cc1)NC1CC=CC1.I. The van der Waals surface area contributed by atoms with E-state index in [2.05, 4.69) is 60.6 Å². The van der Waals surface area contributed by atoms with Gasteiger partial charge in [0.1, 0.15) is 12.4 Å². The van der Waals surface area contributed by atoms with Gasteiger partial charge in [0, 0.05) is 19.1 Å². The first kappa shape index (κ1) is 23.8. The average molecular weight is 486 g/mol. The van der Waals surface area contributed by atoms with Crippen molar-refractivity contribution >= 4 is 29.9 Å². The molecule has 0 unspecified atom stereocenters. The van der Waals surface area contributed by atoms with Crippen molar-refractivity contribution in [1.82, 2.24) is 15.5 Å². The Morgan fingerprint density at radius 2 is 1.78 bits per heavy atom. The monoisotopic (exact) mass is 486 g/mol. The van der Waals surface area contributed by atoms with Crippen LogP contribution in [0.2, 0.25) is 0 Å². The molecule has 2 rings (SSSR count). The average Bonchev–Trinajstić information content (AvgIpc) is 3.17. The number of hydrogen-bond acceptors (Lipinski definition) is 3. The number of rotatable bonds is 10. The molecule has 0 saturated heterocycles. The number of benzene rings is 1. The second-order valence-electron chi connectivity index (χ2n) is 6.50. The van der Waals surface area contributed by atoms with Crippen LogP contribution in [0.3, 0.4) is 0 Å². The van der Waals surface area contributed by atoms with Gasteiger partial charge in [0.05, 0.1) is 6.54 Å². The molecule has 0 radical (unpaired) electrons. The van der Waals surface area contributed by atoms with Crippen LogP contribution in [-0.2, 0) is 6.54 Å². The van der Waals surface area contributed by atoms with Crippen molar-refractivity contribution in [3.05, 3.63) is 42.0 Å². The van der Waals surface area contributed by atoms with Gasteiger partial charge in [-0.2, -0.15) is 0 Å². The summed E-state index contributed by atoms with van der Waals surface area (Å²) in [4.78, 5) is 7.06. The topological polar surface area (TPSA) is 48.9 Å². The highest BCUT2D eigenvalue weighted by molar-refractivity contribution is 14.0. The Morgan fingerprint density at radius 3 is 2.37 bits per heavy atom. The first-order valence-electron chi connectivity index (χ1n) is 9.89. The van der Waals surface area contributed by atoms with E-state index in [9.17, 15) is 0 Å². The van der Waals surface area contributed by atoms with Gasteiger partial charge in [-0.3, -0.25) is 0 Å². The van der Waals surface area contributed by atoms with E-state index < -0.39 is 0 Å². The number of likely N-dealkylation sites (N-methyl/N-ethyl adjacent to an activating group) is 1. The number of aliphatic imine (C=N–C) groups is 1. The maximum absolute atomic E-state index is 5.84.